The number of aliphatic hydroxyl groups is 2. The molecule has 0 saturated heterocycles. The largest absolute Gasteiger partial charge is 0.491 e. The fourth-order valence-electron chi connectivity index (χ4n) is 1.22. The molecule has 0 radical (unpaired) electrons. The van der Waals surface area contributed by atoms with Crippen molar-refractivity contribution in [3.8, 4) is 5.75 Å². The number of Topliss-reactive ketones (excluding diaryl/α,β-unsaturated/α-hetero) is 1. The number of carbonyl (C=O) groups excluding carboxylic acids is 1. The Balaban J connectivity index is 0. The summed E-state index contributed by atoms with van der Waals surface area (Å²) in [6, 6.07) is 6.45. The normalized spacial score (nSPS) is 10.0. The molecule has 4 heteroatoms. The van der Waals surface area contributed by atoms with Crippen LogP contribution in [0.3, 0.4) is 0 Å². The highest BCUT2D eigenvalue weighted by Gasteiger charge is 2.24. The summed E-state index contributed by atoms with van der Waals surface area (Å²) in [5.74, 6) is 0.252. The van der Waals surface area contributed by atoms with E-state index in [4.69, 9.17) is 9.84 Å². The number of carbonyl (C=O) groups is 1. The second-order valence-electron chi connectivity index (χ2n) is 3.98. The predicted molar refractivity (Wildman–Crippen MR) is 73.1 cm³/mol. The third kappa shape index (κ3) is 5.29. The van der Waals surface area contributed by atoms with E-state index in [-0.39, 0.29) is 33.9 Å². The molecular weight excluding hydrogens is 232 g/mol. The molecule has 18 heavy (non-hydrogen) atoms. The van der Waals surface area contributed by atoms with Gasteiger partial charge in [-0.05, 0) is 38.1 Å². The van der Waals surface area contributed by atoms with Crippen LogP contribution in [0.4, 0.5) is 0 Å². The van der Waals surface area contributed by atoms with Crippen LogP contribution in [0, 0.1) is 0 Å². The third-order valence-electron chi connectivity index (χ3n) is 2.03. The smallest absolute Gasteiger partial charge is 0.193 e. The van der Waals surface area contributed by atoms with E-state index >= 15 is 0 Å². The van der Waals surface area contributed by atoms with E-state index in [1.165, 1.54) is 13.8 Å². The van der Waals surface area contributed by atoms with Gasteiger partial charge < -0.3 is 14.9 Å². The molecule has 4 nitrogen and oxygen atoms in total. The zero-order valence-electron chi connectivity index (χ0n) is 9.43. The third-order valence-corrected chi connectivity index (χ3v) is 2.03. The Morgan fingerprint density at radius 2 is 1.72 bits per heavy atom. The summed E-state index contributed by atoms with van der Waals surface area (Å²) in [7, 11) is 0. The van der Waals surface area contributed by atoms with Crippen LogP contribution in [-0.4, -0.2) is 34.8 Å². The fraction of sp³-hybridized carbons (Fsp3) is 0.500. The Morgan fingerprint density at radius 3 is 2.11 bits per heavy atom. The Bertz CT molecular complexity index is 349. The molecule has 0 aliphatic carbocycles. The molecular formula is C14H24O4. The number of rotatable bonds is 5. The number of ether oxygens (including phenoxy) is 1. The average molecular weight is 256 g/mol. The zero-order valence-corrected chi connectivity index (χ0v) is 9.43. The summed E-state index contributed by atoms with van der Waals surface area (Å²) in [5.41, 5.74) is -0.933. The molecule has 0 amide bonds. The Labute approximate surface area is 109 Å². The molecule has 0 heterocycles. The molecule has 0 aliphatic rings. The molecule has 2 N–H and O–H groups in total. The summed E-state index contributed by atoms with van der Waals surface area (Å²) in [4.78, 5) is 11.7. The monoisotopic (exact) mass is 256 g/mol. The second-order valence-corrected chi connectivity index (χ2v) is 3.98. The van der Waals surface area contributed by atoms with Crippen LogP contribution in [-0.2, 0) is 0 Å². The van der Waals surface area contributed by atoms with Crippen LogP contribution in [0.15, 0.2) is 24.3 Å². The predicted octanol–water partition coefficient (Wildman–Crippen LogP) is 2.28. The van der Waals surface area contributed by atoms with Gasteiger partial charge in [-0.1, -0.05) is 14.9 Å². The van der Waals surface area contributed by atoms with Gasteiger partial charge in [0.25, 0.3) is 0 Å². The average Bonchev–Trinajstić information content (AvgIpc) is 2.25. The minimum absolute atomic E-state index is 0. The van der Waals surface area contributed by atoms with Gasteiger partial charge in [-0.3, -0.25) is 4.79 Å². The van der Waals surface area contributed by atoms with Crippen molar-refractivity contribution in [1.82, 2.24) is 0 Å². The highest BCUT2D eigenvalue weighted by Crippen LogP contribution is 2.16. The first kappa shape index (κ1) is 19.0. The van der Waals surface area contributed by atoms with Crippen molar-refractivity contribution in [3.63, 3.8) is 0 Å². The van der Waals surface area contributed by atoms with Crippen molar-refractivity contribution < 1.29 is 19.7 Å². The van der Waals surface area contributed by atoms with Crippen molar-refractivity contribution in [2.45, 2.75) is 34.3 Å². The first-order valence-corrected chi connectivity index (χ1v) is 5.06. The van der Waals surface area contributed by atoms with Gasteiger partial charge in [0.2, 0.25) is 0 Å². The summed E-state index contributed by atoms with van der Waals surface area (Å²) in [6.07, 6.45) is 0. The lowest BCUT2D eigenvalue weighted by atomic mass is 9.97. The van der Waals surface area contributed by atoms with Crippen molar-refractivity contribution >= 4 is 5.78 Å². The summed E-state index contributed by atoms with van der Waals surface area (Å²) < 4.78 is 5.15. The molecule has 0 bridgehead atoms. The number of aliphatic hydroxyl groups excluding tert-OH is 1. The number of benzene rings is 1. The topological polar surface area (TPSA) is 66.8 Å². The highest BCUT2D eigenvalue weighted by atomic mass is 16.5. The molecule has 104 valence electrons. The lowest BCUT2D eigenvalue weighted by molar-refractivity contribution is 0.0488. The molecule has 0 spiro atoms. The van der Waals surface area contributed by atoms with Crippen LogP contribution in [0.25, 0.3) is 0 Å². The molecule has 1 rings (SSSR count). The van der Waals surface area contributed by atoms with Gasteiger partial charge in [-0.25, -0.2) is 0 Å². The van der Waals surface area contributed by atoms with Gasteiger partial charge >= 0.3 is 0 Å². The van der Waals surface area contributed by atoms with Crippen molar-refractivity contribution in [3.05, 3.63) is 29.8 Å². The first-order valence-electron chi connectivity index (χ1n) is 5.06. The molecule has 0 unspecified atom stereocenters. The van der Waals surface area contributed by atoms with E-state index < -0.39 is 5.60 Å². The molecule has 0 aromatic heterocycles. The number of ketones is 1. The highest BCUT2D eigenvalue weighted by molar-refractivity contribution is 6.01. The standard InChI is InChI=1S/C12H16O4.2CH4/c1-12(2,15)11(14)9-3-5-10(6-4-9)16-8-7-13;;/h3-6,13,15H,7-8H2,1-2H3;2*1H4. The van der Waals surface area contributed by atoms with Crippen LogP contribution >= 0.6 is 0 Å². The van der Waals surface area contributed by atoms with Gasteiger partial charge in [0.15, 0.2) is 5.78 Å². The molecule has 0 atom stereocenters. The van der Waals surface area contributed by atoms with E-state index in [2.05, 4.69) is 0 Å². The van der Waals surface area contributed by atoms with Gasteiger partial charge in [0, 0.05) is 5.56 Å². The Hall–Kier alpha value is -1.39. The van der Waals surface area contributed by atoms with Crippen LogP contribution in [0.5, 0.6) is 5.75 Å². The summed E-state index contributed by atoms with van der Waals surface area (Å²) in [5, 5.41) is 18.1. The summed E-state index contributed by atoms with van der Waals surface area (Å²) in [6.45, 7) is 3.07. The minimum atomic E-state index is -1.37. The van der Waals surface area contributed by atoms with Crippen molar-refractivity contribution in [1.29, 1.82) is 0 Å². The van der Waals surface area contributed by atoms with Gasteiger partial charge in [-0.2, -0.15) is 0 Å². The van der Waals surface area contributed by atoms with Gasteiger partial charge in [0.1, 0.15) is 18.0 Å². The number of hydrogen-bond acceptors (Lipinski definition) is 4. The lowest BCUT2D eigenvalue weighted by Gasteiger charge is -2.15. The molecule has 0 saturated carbocycles. The minimum Gasteiger partial charge on any atom is -0.491 e. The van der Waals surface area contributed by atoms with E-state index in [1.807, 2.05) is 0 Å². The fourth-order valence-corrected chi connectivity index (χ4v) is 1.22. The van der Waals surface area contributed by atoms with E-state index in [0.29, 0.717) is 11.3 Å². The second kappa shape index (κ2) is 7.84. The maximum absolute atomic E-state index is 11.7. The first-order chi connectivity index (χ1) is 7.45. The quantitative estimate of drug-likeness (QED) is 0.793. The van der Waals surface area contributed by atoms with Gasteiger partial charge in [0.05, 0.1) is 6.61 Å². The van der Waals surface area contributed by atoms with E-state index in [9.17, 15) is 9.90 Å². The van der Waals surface area contributed by atoms with Gasteiger partial charge in [-0.15, -0.1) is 0 Å². The molecule has 1 aromatic carbocycles. The maximum Gasteiger partial charge on any atom is 0.193 e. The van der Waals surface area contributed by atoms with Crippen molar-refractivity contribution in [2.24, 2.45) is 0 Å². The van der Waals surface area contributed by atoms with Crippen LogP contribution in [0.2, 0.25) is 0 Å². The SMILES string of the molecule is C.C.CC(C)(O)C(=O)c1ccc(OCCO)cc1. The Kier molecular flexibility index (Phi) is 8.26. The lowest BCUT2D eigenvalue weighted by Crippen LogP contribution is -2.30. The van der Waals surface area contributed by atoms with Crippen LogP contribution in [0.1, 0.15) is 39.1 Å². The Morgan fingerprint density at radius 1 is 1.22 bits per heavy atom. The molecule has 0 aliphatic heterocycles. The molecule has 1 aromatic rings. The van der Waals surface area contributed by atoms with E-state index in [1.54, 1.807) is 24.3 Å². The van der Waals surface area contributed by atoms with Crippen molar-refractivity contribution in [2.75, 3.05) is 13.2 Å². The maximum atomic E-state index is 11.7. The molecule has 0 fully saturated rings. The van der Waals surface area contributed by atoms with E-state index in [0.717, 1.165) is 0 Å². The summed E-state index contributed by atoms with van der Waals surface area (Å²) >= 11 is 0. The number of hydrogen-bond donors (Lipinski definition) is 2. The van der Waals surface area contributed by atoms with Crippen LogP contribution < -0.4 is 4.74 Å². The zero-order chi connectivity index (χ0) is 12.2.